The molecule has 146 valence electrons. The van der Waals surface area contributed by atoms with Gasteiger partial charge in [-0.05, 0) is 47.0 Å². The van der Waals surface area contributed by atoms with Gasteiger partial charge in [-0.15, -0.1) is 0 Å². The average Bonchev–Trinajstić information content (AvgIpc) is 3.10. The van der Waals surface area contributed by atoms with Crippen LogP contribution in [0.15, 0.2) is 67.0 Å². The van der Waals surface area contributed by atoms with Crippen molar-refractivity contribution in [2.24, 2.45) is 0 Å². The molecule has 0 aliphatic heterocycles. The van der Waals surface area contributed by atoms with Crippen molar-refractivity contribution in [1.29, 1.82) is 0 Å². The summed E-state index contributed by atoms with van der Waals surface area (Å²) in [5.41, 5.74) is 3.26. The summed E-state index contributed by atoms with van der Waals surface area (Å²) < 4.78 is 20.8. The van der Waals surface area contributed by atoms with Gasteiger partial charge in [0.2, 0.25) is 0 Å². The van der Waals surface area contributed by atoms with Crippen molar-refractivity contribution in [3.8, 4) is 16.9 Å². The van der Waals surface area contributed by atoms with Crippen LogP contribution < -0.4 is 4.74 Å². The van der Waals surface area contributed by atoms with E-state index in [4.69, 9.17) is 21.4 Å². The van der Waals surface area contributed by atoms with E-state index in [1.54, 1.807) is 35.2 Å². The SMILES string of the molecule is O=C(O)Cn1ccc2cc(OCc3cccc(-c4ccc(F)c(Cl)c4)c3)cnc21. The average molecular weight is 411 g/mol. The fourth-order valence-electron chi connectivity index (χ4n) is 3.09. The number of halogens is 2. The Balaban J connectivity index is 1.50. The maximum Gasteiger partial charge on any atom is 0.323 e. The number of rotatable bonds is 6. The van der Waals surface area contributed by atoms with Gasteiger partial charge in [0.15, 0.2) is 0 Å². The minimum Gasteiger partial charge on any atom is -0.487 e. The number of ether oxygens (including phenoxy) is 1. The molecule has 0 bridgehead atoms. The highest BCUT2D eigenvalue weighted by molar-refractivity contribution is 6.31. The molecule has 0 saturated carbocycles. The van der Waals surface area contributed by atoms with E-state index in [0.717, 1.165) is 22.1 Å². The summed E-state index contributed by atoms with van der Waals surface area (Å²) >= 11 is 5.88. The van der Waals surface area contributed by atoms with Crippen LogP contribution in [-0.2, 0) is 17.9 Å². The molecule has 0 aliphatic carbocycles. The lowest BCUT2D eigenvalue weighted by molar-refractivity contribution is -0.137. The van der Waals surface area contributed by atoms with Crippen molar-refractivity contribution in [3.63, 3.8) is 0 Å². The van der Waals surface area contributed by atoms with Crippen molar-refractivity contribution in [1.82, 2.24) is 9.55 Å². The monoisotopic (exact) mass is 410 g/mol. The van der Waals surface area contributed by atoms with Crippen LogP contribution in [0.25, 0.3) is 22.2 Å². The predicted molar refractivity (Wildman–Crippen MR) is 109 cm³/mol. The van der Waals surface area contributed by atoms with E-state index in [9.17, 15) is 9.18 Å². The molecule has 0 atom stereocenters. The quantitative estimate of drug-likeness (QED) is 0.477. The number of pyridine rings is 1. The van der Waals surface area contributed by atoms with Crippen molar-refractivity contribution in [2.75, 3.05) is 0 Å². The summed E-state index contributed by atoms with van der Waals surface area (Å²) in [7, 11) is 0. The predicted octanol–water partition coefficient (Wildman–Crippen LogP) is 5.16. The summed E-state index contributed by atoms with van der Waals surface area (Å²) in [6.45, 7) is 0.183. The number of benzene rings is 2. The lowest BCUT2D eigenvalue weighted by Gasteiger charge is -2.09. The Bertz CT molecular complexity index is 1210. The summed E-state index contributed by atoms with van der Waals surface area (Å²) in [6.07, 6.45) is 3.26. The maximum atomic E-state index is 13.4. The van der Waals surface area contributed by atoms with Crippen LogP contribution in [0.5, 0.6) is 5.75 Å². The number of carboxylic acids is 1. The number of hydrogen-bond acceptors (Lipinski definition) is 3. The van der Waals surface area contributed by atoms with Crippen LogP contribution in [-0.4, -0.2) is 20.6 Å². The molecule has 4 rings (SSSR count). The number of fused-ring (bicyclic) bond motifs is 1. The van der Waals surface area contributed by atoms with Crippen molar-refractivity contribution < 1.29 is 19.0 Å². The Morgan fingerprint density at radius 2 is 1.97 bits per heavy atom. The molecule has 0 fully saturated rings. The van der Waals surface area contributed by atoms with E-state index in [0.29, 0.717) is 18.0 Å². The van der Waals surface area contributed by atoms with Gasteiger partial charge in [-0.1, -0.05) is 35.9 Å². The molecular formula is C22H16ClFN2O3. The van der Waals surface area contributed by atoms with Crippen LogP contribution in [0.2, 0.25) is 5.02 Å². The topological polar surface area (TPSA) is 64.3 Å². The zero-order chi connectivity index (χ0) is 20.4. The fourth-order valence-corrected chi connectivity index (χ4v) is 3.27. The Hall–Kier alpha value is -3.38. The first-order valence-electron chi connectivity index (χ1n) is 8.83. The summed E-state index contributed by atoms with van der Waals surface area (Å²) in [5, 5.41) is 9.83. The van der Waals surface area contributed by atoms with Crippen molar-refractivity contribution in [3.05, 3.63) is 83.4 Å². The van der Waals surface area contributed by atoms with Gasteiger partial charge < -0.3 is 14.4 Å². The third-order valence-electron chi connectivity index (χ3n) is 4.47. The van der Waals surface area contributed by atoms with Gasteiger partial charge in [-0.25, -0.2) is 9.37 Å². The lowest BCUT2D eigenvalue weighted by atomic mass is 10.0. The Labute approximate surface area is 170 Å². The highest BCUT2D eigenvalue weighted by Crippen LogP contribution is 2.26. The molecule has 0 spiro atoms. The van der Waals surface area contributed by atoms with E-state index in [1.807, 2.05) is 30.3 Å². The largest absolute Gasteiger partial charge is 0.487 e. The second kappa shape index (κ2) is 7.93. The second-order valence-corrected chi connectivity index (χ2v) is 6.95. The minimum absolute atomic E-state index is 0.0818. The minimum atomic E-state index is -0.924. The summed E-state index contributed by atoms with van der Waals surface area (Å²) in [5.74, 6) is -0.789. The Morgan fingerprint density at radius 1 is 1.14 bits per heavy atom. The van der Waals surface area contributed by atoms with Gasteiger partial charge in [-0.2, -0.15) is 0 Å². The van der Waals surface area contributed by atoms with E-state index in [1.165, 1.54) is 6.07 Å². The van der Waals surface area contributed by atoms with Gasteiger partial charge in [-0.3, -0.25) is 4.79 Å². The van der Waals surface area contributed by atoms with Crippen LogP contribution in [0.4, 0.5) is 4.39 Å². The zero-order valence-corrected chi connectivity index (χ0v) is 15.9. The van der Waals surface area contributed by atoms with E-state index >= 15 is 0 Å². The molecule has 5 nitrogen and oxygen atoms in total. The van der Waals surface area contributed by atoms with E-state index in [-0.39, 0.29) is 11.6 Å². The lowest BCUT2D eigenvalue weighted by Crippen LogP contribution is -2.07. The van der Waals surface area contributed by atoms with Crippen LogP contribution in [0.1, 0.15) is 5.56 Å². The molecule has 0 amide bonds. The third kappa shape index (κ3) is 4.22. The Morgan fingerprint density at radius 3 is 2.76 bits per heavy atom. The first-order chi connectivity index (χ1) is 14.0. The summed E-state index contributed by atoms with van der Waals surface area (Å²) in [4.78, 5) is 15.2. The molecule has 0 saturated heterocycles. The smallest absolute Gasteiger partial charge is 0.323 e. The number of carboxylic acid groups (broad SMARTS) is 1. The molecule has 0 radical (unpaired) electrons. The van der Waals surface area contributed by atoms with Gasteiger partial charge in [0.05, 0.1) is 11.2 Å². The molecular weight excluding hydrogens is 395 g/mol. The van der Waals surface area contributed by atoms with E-state index in [2.05, 4.69) is 4.98 Å². The molecule has 0 aliphatic rings. The second-order valence-electron chi connectivity index (χ2n) is 6.54. The standard InChI is InChI=1S/C22H16ClFN2O3/c23-19-10-16(4-5-20(19)24)15-3-1-2-14(8-15)13-29-18-9-17-6-7-26(12-21(27)28)22(17)25-11-18/h1-11H,12-13H2,(H,27,28). The molecule has 0 unspecified atom stereocenters. The number of nitrogens with zero attached hydrogens (tertiary/aromatic N) is 2. The van der Waals surface area contributed by atoms with E-state index < -0.39 is 11.8 Å². The number of carbonyl (C=O) groups is 1. The Kier molecular flexibility index (Phi) is 5.18. The van der Waals surface area contributed by atoms with Gasteiger partial charge in [0.25, 0.3) is 0 Å². The van der Waals surface area contributed by atoms with Gasteiger partial charge in [0, 0.05) is 11.6 Å². The first-order valence-corrected chi connectivity index (χ1v) is 9.21. The number of aromatic nitrogens is 2. The van der Waals surface area contributed by atoms with Crippen LogP contribution in [0, 0.1) is 5.82 Å². The molecule has 29 heavy (non-hydrogen) atoms. The van der Waals surface area contributed by atoms with Crippen molar-refractivity contribution >= 4 is 28.6 Å². The van der Waals surface area contributed by atoms with Crippen LogP contribution in [0.3, 0.4) is 0 Å². The normalized spacial score (nSPS) is 11.0. The number of aliphatic carboxylic acids is 1. The van der Waals surface area contributed by atoms with Crippen LogP contribution >= 0.6 is 11.6 Å². The van der Waals surface area contributed by atoms with Crippen molar-refractivity contribution in [2.45, 2.75) is 13.2 Å². The third-order valence-corrected chi connectivity index (χ3v) is 4.76. The fraction of sp³-hybridized carbons (Fsp3) is 0.0909. The number of hydrogen-bond donors (Lipinski definition) is 1. The molecule has 1 N–H and O–H groups in total. The van der Waals surface area contributed by atoms with Gasteiger partial charge in [0.1, 0.15) is 30.4 Å². The molecule has 2 aromatic carbocycles. The van der Waals surface area contributed by atoms with Gasteiger partial charge >= 0.3 is 5.97 Å². The molecule has 2 aromatic heterocycles. The molecule has 7 heteroatoms. The zero-order valence-electron chi connectivity index (χ0n) is 15.2. The molecule has 2 heterocycles. The highest BCUT2D eigenvalue weighted by atomic mass is 35.5. The maximum absolute atomic E-state index is 13.4. The highest BCUT2D eigenvalue weighted by Gasteiger charge is 2.08. The first kappa shape index (κ1) is 19.0. The molecule has 4 aromatic rings. The summed E-state index contributed by atoms with van der Waals surface area (Å²) in [6, 6.07) is 16.0.